The van der Waals surface area contributed by atoms with Crippen molar-refractivity contribution in [3.63, 3.8) is 0 Å². The van der Waals surface area contributed by atoms with Crippen LogP contribution in [0.2, 0.25) is 0 Å². The summed E-state index contributed by atoms with van der Waals surface area (Å²) in [7, 11) is 1.37. The zero-order valence-corrected chi connectivity index (χ0v) is 12.0. The lowest BCUT2D eigenvalue weighted by atomic mass is 10.1. The van der Waals surface area contributed by atoms with Crippen LogP contribution in [0.15, 0.2) is 29.5 Å². The average molecular weight is 293 g/mol. The van der Waals surface area contributed by atoms with Crippen LogP contribution in [-0.4, -0.2) is 34.8 Å². The third-order valence-electron chi connectivity index (χ3n) is 3.52. The first-order valence-electron chi connectivity index (χ1n) is 6.44. The molecule has 0 spiro atoms. The maximum atomic E-state index is 13.7. The monoisotopic (exact) mass is 293 g/mol. The number of ketones is 1. The number of methoxy groups -OCH3 is 1. The highest BCUT2D eigenvalue weighted by Crippen LogP contribution is 2.27. The highest BCUT2D eigenvalue weighted by Gasteiger charge is 2.38. The predicted octanol–water partition coefficient (Wildman–Crippen LogP) is 1.97. The van der Waals surface area contributed by atoms with Crippen molar-refractivity contribution in [3.05, 3.63) is 40.9 Å². The Morgan fingerprint density at radius 3 is 2.62 bits per heavy atom. The molecule has 1 N–H and O–H groups in total. The molecule has 0 radical (unpaired) electrons. The van der Waals surface area contributed by atoms with Gasteiger partial charge in [0.2, 0.25) is 0 Å². The molecular weight excluding hydrogens is 277 g/mol. The van der Waals surface area contributed by atoms with Gasteiger partial charge in [-0.2, -0.15) is 0 Å². The number of hydrogen-bond donors (Lipinski definition) is 1. The summed E-state index contributed by atoms with van der Waals surface area (Å²) in [5.74, 6) is -1.67. The first kappa shape index (κ1) is 15.0. The number of halogens is 1. The molecule has 1 aliphatic rings. The summed E-state index contributed by atoms with van der Waals surface area (Å²) < 4.78 is 18.5. The van der Waals surface area contributed by atoms with Gasteiger partial charge < -0.3 is 14.7 Å². The standard InChI is InChI=1S/C15H16FNO4/c1-8-14(19)13(9(2)18)15(20)17(8)7-10-4-5-12(21-3)11(16)6-10/h4-6,8,19H,7H2,1-3H3. The van der Waals surface area contributed by atoms with Crippen LogP contribution < -0.4 is 4.74 Å². The molecular formula is C15H16FNO4. The zero-order chi connectivity index (χ0) is 15.7. The minimum absolute atomic E-state index is 0.0990. The van der Waals surface area contributed by atoms with Gasteiger partial charge in [0.25, 0.3) is 5.91 Å². The van der Waals surface area contributed by atoms with Gasteiger partial charge in [-0.25, -0.2) is 4.39 Å². The van der Waals surface area contributed by atoms with E-state index in [1.54, 1.807) is 13.0 Å². The molecule has 6 heteroatoms. The van der Waals surface area contributed by atoms with Gasteiger partial charge in [-0.1, -0.05) is 6.07 Å². The smallest absolute Gasteiger partial charge is 0.261 e. The van der Waals surface area contributed by atoms with E-state index in [9.17, 15) is 19.1 Å². The molecule has 1 unspecified atom stereocenters. The van der Waals surface area contributed by atoms with Crippen molar-refractivity contribution < 1.29 is 23.8 Å². The van der Waals surface area contributed by atoms with Crippen LogP contribution >= 0.6 is 0 Å². The third kappa shape index (κ3) is 2.61. The van der Waals surface area contributed by atoms with Gasteiger partial charge in [0.1, 0.15) is 11.3 Å². The molecule has 1 aromatic rings. The molecule has 112 valence electrons. The van der Waals surface area contributed by atoms with Crippen molar-refractivity contribution in [2.75, 3.05) is 7.11 Å². The predicted molar refractivity (Wildman–Crippen MR) is 73.3 cm³/mol. The molecule has 1 heterocycles. The fraction of sp³-hybridized carbons (Fsp3) is 0.333. The molecule has 0 saturated heterocycles. The van der Waals surface area contributed by atoms with Gasteiger partial charge in [-0.15, -0.1) is 0 Å². The summed E-state index contributed by atoms with van der Waals surface area (Å²) in [6, 6.07) is 3.75. The van der Waals surface area contributed by atoms with Gasteiger partial charge in [0.15, 0.2) is 17.3 Å². The molecule has 0 aliphatic carbocycles. The lowest BCUT2D eigenvalue weighted by molar-refractivity contribution is -0.129. The summed E-state index contributed by atoms with van der Waals surface area (Å²) >= 11 is 0. The molecule has 1 atom stereocenters. The molecule has 1 aromatic carbocycles. The van der Waals surface area contributed by atoms with Crippen LogP contribution in [0.1, 0.15) is 19.4 Å². The Morgan fingerprint density at radius 1 is 1.48 bits per heavy atom. The van der Waals surface area contributed by atoms with Crippen LogP contribution in [-0.2, 0) is 16.1 Å². The topological polar surface area (TPSA) is 66.8 Å². The number of ether oxygens (including phenoxy) is 1. The Bertz CT molecular complexity index is 639. The van der Waals surface area contributed by atoms with Crippen LogP contribution in [0.3, 0.4) is 0 Å². The second kappa shape index (κ2) is 5.55. The van der Waals surface area contributed by atoms with Crippen LogP contribution in [0.4, 0.5) is 4.39 Å². The lowest BCUT2D eigenvalue weighted by Crippen LogP contribution is -2.33. The zero-order valence-electron chi connectivity index (χ0n) is 12.0. The fourth-order valence-corrected chi connectivity index (χ4v) is 2.33. The van der Waals surface area contributed by atoms with Gasteiger partial charge in [0, 0.05) is 6.54 Å². The highest BCUT2D eigenvalue weighted by molar-refractivity contribution is 6.20. The third-order valence-corrected chi connectivity index (χ3v) is 3.52. The molecule has 0 fully saturated rings. The van der Waals surface area contributed by atoms with Crippen molar-refractivity contribution >= 4 is 11.7 Å². The van der Waals surface area contributed by atoms with Crippen LogP contribution in [0.25, 0.3) is 0 Å². The Kier molecular flexibility index (Phi) is 3.97. The number of aliphatic hydroxyl groups is 1. The second-order valence-electron chi connectivity index (χ2n) is 4.89. The Labute approximate surface area is 121 Å². The summed E-state index contributed by atoms with van der Waals surface area (Å²) in [5.41, 5.74) is 0.350. The van der Waals surface area contributed by atoms with Crippen molar-refractivity contribution in [2.24, 2.45) is 0 Å². The van der Waals surface area contributed by atoms with Gasteiger partial charge in [-0.3, -0.25) is 9.59 Å². The molecule has 2 rings (SSSR count). The van der Waals surface area contributed by atoms with Gasteiger partial charge in [-0.05, 0) is 31.5 Å². The van der Waals surface area contributed by atoms with E-state index in [1.807, 2.05) is 0 Å². The van der Waals surface area contributed by atoms with Crippen LogP contribution in [0, 0.1) is 5.82 Å². The molecule has 1 aliphatic heterocycles. The molecule has 1 amide bonds. The Morgan fingerprint density at radius 2 is 2.14 bits per heavy atom. The van der Waals surface area contributed by atoms with E-state index in [0.717, 1.165) is 0 Å². The number of nitrogens with zero attached hydrogens (tertiary/aromatic N) is 1. The summed E-state index contributed by atoms with van der Waals surface area (Å²) in [4.78, 5) is 24.9. The minimum atomic E-state index is -0.610. The summed E-state index contributed by atoms with van der Waals surface area (Å²) in [6.07, 6.45) is 0. The number of rotatable bonds is 4. The van der Waals surface area contributed by atoms with E-state index in [4.69, 9.17) is 4.74 Å². The van der Waals surface area contributed by atoms with Crippen molar-refractivity contribution in [1.82, 2.24) is 4.90 Å². The van der Waals surface area contributed by atoms with E-state index >= 15 is 0 Å². The van der Waals surface area contributed by atoms with E-state index in [1.165, 1.54) is 31.1 Å². The quantitative estimate of drug-likeness (QED) is 0.862. The maximum Gasteiger partial charge on any atom is 0.261 e. The van der Waals surface area contributed by atoms with Gasteiger partial charge in [0.05, 0.1) is 13.2 Å². The number of carbonyl (C=O) groups is 2. The van der Waals surface area contributed by atoms with Crippen molar-refractivity contribution in [1.29, 1.82) is 0 Å². The minimum Gasteiger partial charge on any atom is -0.509 e. The molecule has 5 nitrogen and oxygen atoms in total. The lowest BCUT2D eigenvalue weighted by Gasteiger charge is -2.22. The number of carbonyl (C=O) groups excluding carboxylic acids is 2. The fourth-order valence-electron chi connectivity index (χ4n) is 2.33. The Hall–Kier alpha value is -2.37. The van der Waals surface area contributed by atoms with Gasteiger partial charge >= 0.3 is 0 Å². The van der Waals surface area contributed by atoms with Crippen molar-refractivity contribution in [2.45, 2.75) is 26.4 Å². The van der Waals surface area contributed by atoms with E-state index in [2.05, 4.69) is 0 Å². The largest absolute Gasteiger partial charge is 0.509 e. The van der Waals surface area contributed by atoms with Crippen LogP contribution in [0.5, 0.6) is 5.75 Å². The molecule has 21 heavy (non-hydrogen) atoms. The molecule has 0 bridgehead atoms. The number of amides is 1. The SMILES string of the molecule is COc1ccc(CN2C(=O)C(C(C)=O)=C(O)C2C)cc1F. The number of aliphatic hydroxyl groups excluding tert-OH is 1. The second-order valence-corrected chi connectivity index (χ2v) is 4.89. The number of Topliss-reactive ketones (excluding diaryl/α,β-unsaturated/α-hetero) is 1. The first-order valence-corrected chi connectivity index (χ1v) is 6.44. The van der Waals surface area contributed by atoms with E-state index in [0.29, 0.717) is 5.56 Å². The number of benzene rings is 1. The summed E-state index contributed by atoms with van der Waals surface area (Å²) in [6.45, 7) is 2.94. The van der Waals surface area contributed by atoms with Crippen molar-refractivity contribution in [3.8, 4) is 5.75 Å². The molecule has 0 saturated carbocycles. The average Bonchev–Trinajstić information content (AvgIpc) is 2.63. The van der Waals surface area contributed by atoms with E-state index in [-0.39, 0.29) is 23.6 Å². The highest BCUT2D eigenvalue weighted by atomic mass is 19.1. The first-order chi connectivity index (χ1) is 9.86. The number of hydrogen-bond acceptors (Lipinski definition) is 4. The maximum absolute atomic E-state index is 13.7. The Balaban J connectivity index is 2.24. The molecule has 0 aromatic heterocycles. The normalized spacial score (nSPS) is 18.4. The van der Waals surface area contributed by atoms with E-state index < -0.39 is 23.5 Å². The summed E-state index contributed by atoms with van der Waals surface area (Å²) in [5, 5.41) is 9.89.